The van der Waals surface area contributed by atoms with Crippen molar-refractivity contribution in [1.29, 1.82) is 0 Å². The van der Waals surface area contributed by atoms with Crippen molar-refractivity contribution in [2.75, 3.05) is 12.4 Å². The molecule has 10 nitrogen and oxygen atoms in total. The Labute approximate surface area is 226 Å². The first-order valence-electron chi connectivity index (χ1n) is 11.4. The van der Waals surface area contributed by atoms with Gasteiger partial charge in [0.05, 0.1) is 23.0 Å². The van der Waals surface area contributed by atoms with E-state index in [0.29, 0.717) is 21.8 Å². The number of hydrogen-bond donors (Lipinski definition) is 2. The summed E-state index contributed by atoms with van der Waals surface area (Å²) < 4.78 is 7.13. The van der Waals surface area contributed by atoms with E-state index >= 15 is 0 Å². The molecular formula is C26H21ClN6O4S. The Balaban J connectivity index is 1.49. The van der Waals surface area contributed by atoms with E-state index < -0.39 is 10.2 Å². The molecule has 0 aliphatic rings. The Morgan fingerprint density at radius 1 is 1.16 bits per heavy atom. The minimum atomic E-state index is -0.634. The predicted octanol–water partition coefficient (Wildman–Crippen LogP) is 6.11. The molecule has 2 aromatic heterocycles. The molecule has 5 rings (SSSR count). The molecule has 1 unspecified atom stereocenters. The number of para-hydroxylation sites is 1. The van der Waals surface area contributed by atoms with Crippen LogP contribution in [-0.2, 0) is 4.79 Å². The first-order chi connectivity index (χ1) is 18.4. The summed E-state index contributed by atoms with van der Waals surface area (Å²) in [7, 11) is 1.43. The van der Waals surface area contributed by atoms with E-state index in [0.717, 1.165) is 22.2 Å². The highest BCUT2D eigenvalue weighted by atomic mass is 35.5. The molecule has 1 amide bonds. The Hall–Kier alpha value is -4.35. The van der Waals surface area contributed by atoms with Gasteiger partial charge < -0.3 is 15.0 Å². The number of rotatable bonds is 8. The van der Waals surface area contributed by atoms with E-state index in [1.54, 1.807) is 19.1 Å². The van der Waals surface area contributed by atoms with Crippen LogP contribution in [0.3, 0.4) is 0 Å². The van der Waals surface area contributed by atoms with Crippen molar-refractivity contribution in [2.45, 2.75) is 17.3 Å². The Morgan fingerprint density at radius 2 is 1.92 bits per heavy atom. The standard InChI is InChI=1S/C26H21ClN6O4S/c1-15(25(34)29-22-13-18(33(35)36)11-12-23(22)37-2)38-26-31-30-24(32(26)17-9-7-16(27)8-10-17)20-14-28-21-6-4-3-5-19(20)21/h3-15,28H,1-2H3,(H,29,34). The van der Waals surface area contributed by atoms with E-state index in [9.17, 15) is 14.9 Å². The van der Waals surface area contributed by atoms with Crippen LogP contribution in [0.15, 0.2) is 78.1 Å². The fraction of sp³-hybridized carbons (Fsp3) is 0.115. The van der Waals surface area contributed by atoms with Crippen molar-refractivity contribution in [2.24, 2.45) is 0 Å². The predicted molar refractivity (Wildman–Crippen MR) is 147 cm³/mol. The zero-order valence-corrected chi connectivity index (χ0v) is 21.8. The first kappa shape index (κ1) is 25.3. The lowest BCUT2D eigenvalue weighted by molar-refractivity contribution is -0.384. The maximum Gasteiger partial charge on any atom is 0.271 e. The average Bonchev–Trinajstić information content (AvgIpc) is 3.53. The third-order valence-electron chi connectivity index (χ3n) is 5.85. The molecule has 38 heavy (non-hydrogen) atoms. The second-order valence-electron chi connectivity index (χ2n) is 8.26. The minimum Gasteiger partial charge on any atom is -0.495 e. The number of nitro benzene ring substituents is 1. The minimum absolute atomic E-state index is 0.160. The topological polar surface area (TPSA) is 128 Å². The van der Waals surface area contributed by atoms with Gasteiger partial charge in [-0.05, 0) is 43.3 Å². The SMILES string of the molecule is COc1ccc([N+](=O)[O-])cc1NC(=O)C(C)Sc1nnc(-c2c[nH]c3ccccc23)n1-c1ccc(Cl)cc1. The number of thioether (sulfide) groups is 1. The van der Waals surface area contributed by atoms with Crippen molar-refractivity contribution in [3.8, 4) is 22.8 Å². The van der Waals surface area contributed by atoms with E-state index in [1.165, 1.54) is 37.1 Å². The van der Waals surface area contributed by atoms with Crippen LogP contribution in [0.4, 0.5) is 11.4 Å². The zero-order chi connectivity index (χ0) is 26.8. The summed E-state index contributed by atoms with van der Waals surface area (Å²) in [4.78, 5) is 27.1. The summed E-state index contributed by atoms with van der Waals surface area (Å²) >= 11 is 7.34. The molecule has 0 radical (unpaired) electrons. The van der Waals surface area contributed by atoms with Gasteiger partial charge in [-0.25, -0.2) is 0 Å². The second kappa shape index (κ2) is 10.6. The van der Waals surface area contributed by atoms with Crippen LogP contribution in [0, 0.1) is 10.1 Å². The molecular weight excluding hydrogens is 528 g/mol. The second-order valence-corrected chi connectivity index (χ2v) is 10.0. The number of non-ortho nitro benzene ring substituents is 1. The van der Waals surface area contributed by atoms with E-state index in [4.69, 9.17) is 16.3 Å². The van der Waals surface area contributed by atoms with Crippen LogP contribution in [0.25, 0.3) is 28.0 Å². The summed E-state index contributed by atoms with van der Waals surface area (Å²) in [6.07, 6.45) is 1.88. The number of nitrogens with zero attached hydrogens (tertiary/aromatic N) is 4. The van der Waals surface area contributed by atoms with Crippen LogP contribution >= 0.6 is 23.4 Å². The van der Waals surface area contributed by atoms with Crippen molar-refractivity contribution in [3.05, 3.63) is 88.1 Å². The number of anilines is 1. The Morgan fingerprint density at radius 3 is 2.66 bits per heavy atom. The van der Waals surface area contributed by atoms with Gasteiger partial charge >= 0.3 is 0 Å². The van der Waals surface area contributed by atoms with Gasteiger partial charge in [-0.3, -0.25) is 19.5 Å². The summed E-state index contributed by atoms with van der Waals surface area (Å²) in [5.74, 6) is 0.528. The number of nitrogens with one attached hydrogen (secondary N) is 2. The highest BCUT2D eigenvalue weighted by Crippen LogP contribution is 2.35. The number of fused-ring (bicyclic) bond motifs is 1. The van der Waals surface area contributed by atoms with Crippen LogP contribution < -0.4 is 10.1 Å². The number of aromatic nitrogens is 4. The van der Waals surface area contributed by atoms with Gasteiger partial charge in [-0.15, -0.1) is 10.2 Å². The van der Waals surface area contributed by atoms with Crippen molar-refractivity contribution >= 4 is 51.5 Å². The molecule has 3 aromatic carbocycles. The van der Waals surface area contributed by atoms with Gasteiger partial charge in [0.15, 0.2) is 11.0 Å². The maximum absolute atomic E-state index is 13.1. The van der Waals surface area contributed by atoms with Crippen LogP contribution in [0.1, 0.15) is 6.92 Å². The number of halogens is 1. The van der Waals surface area contributed by atoms with Gasteiger partial charge in [0, 0.05) is 45.5 Å². The monoisotopic (exact) mass is 548 g/mol. The highest BCUT2D eigenvalue weighted by molar-refractivity contribution is 8.00. The highest BCUT2D eigenvalue weighted by Gasteiger charge is 2.24. The molecule has 192 valence electrons. The van der Waals surface area contributed by atoms with Crippen molar-refractivity contribution in [1.82, 2.24) is 19.7 Å². The number of aromatic amines is 1. The number of methoxy groups -OCH3 is 1. The van der Waals surface area contributed by atoms with E-state index in [-0.39, 0.29) is 17.3 Å². The van der Waals surface area contributed by atoms with Gasteiger partial charge in [0.25, 0.3) is 5.69 Å². The molecule has 2 N–H and O–H groups in total. The smallest absolute Gasteiger partial charge is 0.271 e. The Bertz CT molecular complexity index is 1650. The van der Waals surface area contributed by atoms with Gasteiger partial charge in [0.2, 0.25) is 5.91 Å². The third-order valence-corrected chi connectivity index (χ3v) is 7.15. The lowest BCUT2D eigenvalue weighted by atomic mass is 10.1. The zero-order valence-electron chi connectivity index (χ0n) is 20.2. The first-order valence-corrected chi connectivity index (χ1v) is 12.7. The van der Waals surface area contributed by atoms with Crippen molar-refractivity contribution < 1.29 is 14.5 Å². The summed E-state index contributed by atoms with van der Waals surface area (Å²) in [5.41, 5.74) is 2.63. The number of amides is 1. The lowest BCUT2D eigenvalue weighted by Crippen LogP contribution is -2.23. The molecule has 0 saturated carbocycles. The van der Waals surface area contributed by atoms with Gasteiger partial charge in [-0.2, -0.15) is 0 Å². The molecule has 1 atom stereocenters. The van der Waals surface area contributed by atoms with Crippen molar-refractivity contribution in [3.63, 3.8) is 0 Å². The number of nitro groups is 1. The molecule has 0 fully saturated rings. The van der Waals surface area contributed by atoms with E-state index in [2.05, 4.69) is 20.5 Å². The molecule has 2 heterocycles. The van der Waals surface area contributed by atoms with Crippen LogP contribution in [0.2, 0.25) is 5.02 Å². The fourth-order valence-corrected chi connectivity index (χ4v) is 4.95. The van der Waals surface area contributed by atoms with Gasteiger partial charge in [0.1, 0.15) is 5.75 Å². The quantitative estimate of drug-likeness (QED) is 0.136. The number of H-pyrrole nitrogens is 1. The number of carbonyl (C=O) groups excluding carboxylic acids is 1. The molecule has 12 heteroatoms. The molecule has 0 bridgehead atoms. The maximum atomic E-state index is 13.1. The third kappa shape index (κ3) is 4.93. The fourth-order valence-electron chi connectivity index (χ4n) is 3.95. The molecule has 0 spiro atoms. The number of hydrogen-bond acceptors (Lipinski definition) is 7. The normalized spacial score (nSPS) is 11.9. The number of carbonyl (C=O) groups is 1. The van der Waals surface area contributed by atoms with Crippen LogP contribution in [-0.4, -0.2) is 42.9 Å². The summed E-state index contributed by atoms with van der Waals surface area (Å²) in [5, 5.41) is 24.2. The summed E-state index contributed by atoms with van der Waals surface area (Å²) in [6.45, 7) is 1.72. The molecule has 0 aliphatic carbocycles. The Kier molecular flexibility index (Phi) is 7.03. The molecule has 0 aliphatic heterocycles. The number of ether oxygens (including phenoxy) is 1. The number of benzene rings is 3. The lowest BCUT2D eigenvalue weighted by Gasteiger charge is -2.15. The van der Waals surface area contributed by atoms with E-state index in [1.807, 2.05) is 47.2 Å². The van der Waals surface area contributed by atoms with Gasteiger partial charge in [-0.1, -0.05) is 41.6 Å². The average molecular weight is 549 g/mol. The molecule has 0 saturated heterocycles. The summed E-state index contributed by atoms with van der Waals surface area (Å²) in [6, 6.07) is 19.1. The largest absolute Gasteiger partial charge is 0.495 e. The van der Waals surface area contributed by atoms with Crippen LogP contribution in [0.5, 0.6) is 5.75 Å². The molecule has 5 aromatic rings.